The minimum absolute atomic E-state index is 0.152. The molecule has 2 aromatic heterocycles. The zero-order chi connectivity index (χ0) is 12.5. The first kappa shape index (κ1) is 10.5. The Labute approximate surface area is 102 Å². The molecule has 0 saturated heterocycles. The molecule has 6 heteroatoms. The number of hydrogen-bond donors (Lipinski definition) is 1. The molecule has 0 unspecified atom stereocenters. The molecule has 0 saturated carbocycles. The monoisotopic (exact) mass is 242 g/mol. The first-order valence-corrected chi connectivity index (χ1v) is 5.32. The molecule has 18 heavy (non-hydrogen) atoms. The summed E-state index contributed by atoms with van der Waals surface area (Å²) in [6.07, 6.45) is 3.34. The summed E-state index contributed by atoms with van der Waals surface area (Å²) in [4.78, 5) is 4.42. The first-order valence-electron chi connectivity index (χ1n) is 5.32. The van der Waals surface area contributed by atoms with E-state index >= 15 is 0 Å². The second-order valence-corrected chi connectivity index (χ2v) is 3.73. The maximum Gasteiger partial charge on any atom is 0.157 e. The molecule has 3 rings (SSSR count). The molecule has 6 nitrogen and oxygen atoms in total. The number of aromatic hydroxyl groups is 1. The van der Waals surface area contributed by atoms with Gasteiger partial charge in [-0.2, -0.15) is 0 Å². The van der Waals surface area contributed by atoms with E-state index in [0.717, 1.165) is 5.56 Å². The number of rotatable bonds is 2. The number of nitrogens with zero attached hydrogens (tertiary/aromatic N) is 4. The molecule has 0 aliphatic carbocycles. The van der Waals surface area contributed by atoms with Gasteiger partial charge in [-0.3, -0.25) is 0 Å². The lowest BCUT2D eigenvalue weighted by Crippen LogP contribution is -1.90. The molecular formula is C12H10N4O2. The zero-order valence-electron chi connectivity index (χ0n) is 9.61. The van der Waals surface area contributed by atoms with Crippen LogP contribution in [0.3, 0.4) is 0 Å². The van der Waals surface area contributed by atoms with Gasteiger partial charge in [0.05, 0.1) is 25.2 Å². The fraction of sp³-hybridized carbons (Fsp3) is 0.0833. The average molecular weight is 242 g/mol. The van der Waals surface area contributed by atoms with E-state index < -0.39 is 0 Å². The molecule has 0 aliphatic heterocycles. The molecule has 0 spiro atoms. The number of ether oxygens (including phenoxy) is 1. The number of fused-ring (bicyclic) bond motifs is 1. The van der Waals surface area contributed by atoms with Crippen LogP contribution in [0.5, 0.6) is 11.5 Å². The molecule has 0 radical (unpaired) electrons. The summed E-state index contributed by atoms with van der Waals surface area (Å²) in [6.45, 7) is 0. The molecule has 0 amide bonds. The van der Waals surface area contributed by atoms with Crippen LogP contribution in [-0.4, -0.2) is 32.0 Å². The molecule has 1 N–H and O–H groups in total. The van der Waals surface area contributed by atoms with Crippen molar-refractivity contribution < 1.29 is 9.84 Å². The Morgan fingerprint density at radius 1 is 1.28 bits per heavy atom. The standard InChI is InChI=1S/C12H10N4O2/c1-18-11-6-8(17)2-3-9(11)10-7-16-12(14-10)4-5-13-15-16/h2-7,17H,1H3. The van der Waals surface area contributed by atoms with Crippen LogP contribution < -0.4 is 4.74 Å². The Kier molecular flexibility index (Phi) is 2.33. The summed E-state index contributed by atoms with van der Waals surface area (Å²) in [5, 5.41) is 17.1. The molecule has 0 atom stereocenters. The minimum atomic E-state index is 0.152. The van der Waals surface area contributed by atoms with Gasteiger partial charge in [-0.05, 0) is 12.1 Å². The Morgan fingerprint density at radius 3 is 2.94 bits per heavy atom. The Morgan fingerprint density at radius 2 is 2.17 bits per heavy atom. The number of benzene rings is 1. The summed E-state index contributed by atoms with van der Waals surface area (Å²) in [5.41, 5.74) is 2.21. The number of methoxy groups -OCH3 is 1. The number of aromatic nitrogens is 4. The maximum atomic E-state index is 9.43. The lowest BCUT2D eigenvalue weighted by atomic mass is 10.1. The van der Waals surface area contributed by atoms with Crippen LogP contribution in [0, 0.1) is 0 Å². The third kappa shape index (κ3) is 1.64. The normalized spacial score (nSPS) is 10.7. The van der Waals surface area contributed by atoms with Gasteiger partial charge in [0.25, 0.3) is 0 Å². The highest BCUT2D eigenvalue weighted by Gasteiger charge is 2.11. The summed E-state index contributed by atoms with van der Waals surface area (Å²) in [6, 6.07) is 6.66. The lowest BCUT2D eigenvalue weighted by Gasteiger charge is -2.05. The van der Waals surface area contributed by atoms with E-state index in [0.29, 0.717) is 17.1 Å². The van der Waals surface area contributed by atoms with E-state index in [1.165, 1.54) is 0 Å². The predicted octanol–water partition coefficient (Wildman–Crippen LogP) is 1.51. The van der Waals surface area contributed by atoms with Crippen LogP contribution in [0.1, 0.15) is 0 Å². The van der Waals surface area contributed by atoms with Gasteiger partial charge in [0.2, 0.25) is 0 Å². The van der Waals surface area contributed by atoms with Gasteiger partial charge in [-0.25, -0.2) is 9.50 Å². The second-order valence-electron chi connectivity index (χ2n) is 3.73. The fourth-order valence-corrected chi connectivity index (χ4v) is 1.78. The van der Waals surface area contributed by atoms with Crippen molar-refractivity contribution in [3.8, 4) is 22.8 Å². The van der Waals surface area contributed by atoms with E-state index in [4.69, 9.17) is 4.74 Å². The third-order valence-corrected chi connectivity index (χ3v) is 2.61. The number of imidazole rings is 1. The highest BCUT2D eigenvalue weighted by atomic mass is 16.5. The van der Waals surface area contributed by atoms with Crippen molar-refractivity contribution in [1.82, 2.24) is 19.8 Å². The fourth-order valence-electron chi connectivity index (χ4n) is 1.78. The molecule has 0 bridgehead atoms. The minimum Gasteiger partial charge on any atom is -0.508 e. The average Bonchev–Trinajstić information content (AvgIpc) is 2.82. The summed E-state index contributed by atoms with van der Waals surface area (Å²) in [7, 11) is 1.55. The van der Waals surface area contributed by atoms with Gasteiger partial charge in [-0.15, -0.1) is 5.10 Å². The van der Waals surface area contributed by atoms with E-state index in [1.54, 1.807) is 48.3 Å². The van der Waals surface area contributed by atoms with E-state index in [2.05, 4.69) is 15.3 Å². The van der Waals surface area contributed by atoms with Crippen molar-refractivity contribution in [2.75, 3.05) is 7.11 Å². The van der Waals surface area contributed by atoms with Crippen LogP contribution in [0.4, 0.5) is 0 Å². The molecule has 1 aromatic carbocycles. The van der Waals surface area contributed by atoms with E-state index in [9.17, 15) is 5.11 Å². The van der Waals surface area contributed by atoms with Crippen LogP contribution in [0.25, 0.3) is 16.9 Å². The van der Waals surface area contributed by atoms with Crippen LogP contribution in [0.2, 0.25) is 0 Å². The third-order valence-electron chi connectivity index (χ3n) is 2.61. The predicted molar refractivity (Wildman–Crippen MR) is 64.4 cm³/mol. The van der Waals surface area contributed by atoms with Gasteiger partial charge in [0, 0.05) is 17.7 Å². The van der Waals surface area contributed by atoms with Gasteiger partial charge in [-0.1, -0.05) is 5.21 Å². The van der Waals surface area contributed by atoms with E-state index in [-0.39, 0.29) is 5.75 Å². The molecule has 2 heterocycles. The van der Waals surface area contributed by atoms with E-state index in [1.807, 2.05) is 0 Å². The maximum absolute atomic E-state index is 9.43. The van der Waals surface area contributed by atoms with Crippen molar-refractivity contribution in [1.29, 1.82) is 0 Å². The van der Waals surface area contributed by atoms with Gasteiger partial charge >= 0.3 is 0 Å². The van der Waals surface area contributed by atoms with Gasteiger partial charge in [0.15, 0.2) is 5.65 Å². The molecule has 90 valence electrons. The Bertz CT molecular complexity index is 675. The molecule has 3 aromatic rings. The molecule has 0 aliphatic rings. The van der Waals surface area contributed by atoms with Crippen molar-refractivity contribution in [3.63, 3.8) is 0 Å². The quantitative estimate of drug-likeness (QED) is 0.737. The number of phenols is 1. The van der Waals surface area contributed by atoms with Gasteiger partial charge < -0.3 is 9.84 Å². The lowest BCUT2D eigenvalue weighted by molar-refractivity contribution is 0.409. The summed E-state index contributed by atoms with van der Waals surface area (Å²) < 4.78 is 6.82. The van der Waals surface area contributed by atoms with Crippen molar-refractivity contribution in [2.24, 2.45) is 0 Å². The highest BCUT2D eigenvalue weighted by Crippen LogP contribution is 2.32. The van der Waals surface area contributed by atoms with Gasteiger partial charge in [0.1, 0.15) is 11.5 Å². The van der Waals surface area contributed by atoms with Crippen molar-refractivity contribution in [3.05, 3.63) is 36.7 Å². The van der Waals surface area contributed by atoms with Crippen molar-refractivity contribution in [2.45, 2.75) is 0 Å². The smallest absolute Gasteiger partial charge is 0.157 e. The number of hydrogen-bond acceptors (Lipinski definition) is 5. The van der Waals surface area contributed by atoms with Crippen LogP contribution >= 0.6 is 0 Å². The number of phenolic OH excluding ortho intramolecular Hbond substituents is 1. The van der Waals surface area contributed by atoms with Crippen LogP contribution in [-0.2, 0) is 0 Å². The summed E-state index contributed by atoms with van der Waals surface area (Å²) in [5.74, 6) is 0.713. The van der Waals surface area contributed by atoms with Crippen LogP contribution in [0.15, 0.2) is 36.7 Å². The molecular weight excluding hydrogens is 232 g/mol. The second kappa shape index (κ2) is 3.99. The largest absolute Gasteiger partial charge is 0.508 e. The van der Waals surface area contributed by atoms with Crippen molar-refractivity contribution >= 4 is 5.65 Å². The highest BCUT2D eigenvalue weighted by molar-refractivity contribution is 5.70. The first-order chi connectivity index (χ1) is 8.78. The topological polar surface area (TPSA) is 72.5 Å². The molecule has 0 fully saturated rings. The Hall–Kier alpha value is -2.63. The zero-order valence-corrected chi connectivity index (χ0v) is 9.61. The SMILES string of the molecule is COc1cc(O)ccc1-c1cn2nnccc2n1. The summed E-state index contributed by atoms with van der Waals surface area (Å²) >= 11 is 0. The Balaban J connectivity index is 2.19.